The van der Waals surface area contributed by atoms with E-state index >= 15 is 0 Å². The minimum atomic E-state index is -0.00576. The fourth-order valence-corrected chi connectivity index (χ4v) is 1.23. The summed E-state index contributed by atoms with van der Waals surface area (Å²) in [6.07, 6.45) is 4.85. The Hall–Kier alpha value is -1.06. The van der Waals surface area contributed by atoms with Gasteiger partial charge in [0.2, 0.25) is 11.8 Å². The van der Waals surface area contributed by atoms with E-state index in [1.165, 1.54) is 0 Å². The first-order valence-corrected chi connectivity index (χ1v) is 7.68. The van der Waals surface area contributed by atoms with Crippen molar-refractivity contribution in [2.24, 2.45) is 0 Å². The number of nitrogens with one attached hydrogen (secondary N) is 2. The molecule has 116 valence electrons. The highest BCUT2D eigenvalue weighted by Gasteiger charge is 2.02. The number of carbonyl (C=O) groups is 2. The second-order valence-corrected chi connectivity index (χ2v) is 3.58. The Kier molecular flexibility index (Phi) is 26.9. The van der Waals surface area contributed by atoms with Crippen LogP contribution in [0.3, 0.4) is 0 Å². The Morgan fingerprint density at radius 1 is 0.842 bits per heavy atom. The van der Waals surface area contributed by atoms with Crippen LogP contribution in [0.15, 0.2) is 0 Å². The van der Waals surface area contributed by atoms with E-state index in [4.69, 9.17) is 0 Å². The third kappa shape index (κ3) is 22.6. The number of rotatable bonds is 8. The van der Waals surface area contributed by atoms with E-state index in [0.29, 0.717) is 19.3 Å². The summed E-state index contributed by atoms with van der Waals surface area (Å²) >= 11 is 0. The predicted molar refractivity (Wildman–Crippen MR) is 83.1 cm³/mol. The molecule has 2 amide bonds. The molecule has 0 aromatic carbocycles. The van der Waals surface area contributed by atoms with Gasteiger partial charge in [-0.3, -0.25) is 9.59 Å². The number of amides is 2. The number of carbonyl (C=O) groups excluding carboxylic acids is 2. The summed E-state index contributed by atoms with van der Waals surface area (Å²) < 4.78 is 0. The summed E-state index contributed by atoms with van der Waals surface area (Å²) in [4.78, 5) is 22.1. The molecular formula is C15H34N2O2. The first-order valence-electron chi connectivity index (χ1n) is 7.68. The standard InChI is InChI=1S/C11H22N2O2.2C2H6/c1-3-4-5-9-13-11(15)8-6-7-10(14)12-2;2*1-2/h3-9H2,1-2H3,(H,12,14)(H,13,15);2*1-2H3. The molecule has 0 fully saturated rings. The van der Waals surface area contributed by atoms with Crippen LogP contribution in [0.4, 0.5) is 0 Å². The molecule has 0 unspecified atom stereocenters. The zero-order chi connectivity index (χ0) is 15.5. The lowest BCUT2D eigenvalue weighted by molar-refractivity contribution is -0.122. The van der Waals surface area contributed by atoms with Crippen molar-refractivity contribution in [3.63, 3.8) is 0 Å². The lowest BCUT2D eigenvalue weighted by Gasteiger charge is -2.04. The third-order valence-corrected chi connectivity index (χ3v) is 2.19. The molecule has 4 heteroatoms. The largest absolute Gasteiger partial charge is 0.359 e. The van der Waals surface area contributed by atoms with Gasteiger partial charge in [0.25, 0.3) is 0 Å². The van der Waals surface area contributed by atoms with E-state index in [0.717, 1.165) is 25.8 Å². The fraction of sp³-hybridized carbons (Fsp3) is 0.867. The molecule has 2 N–H and O–H groups in total. The average Bonchev–Trinajstić information content (AvgIpc) is 2.47. The van der Waals surface area contributed by atoms with E-state index < -0.39 is 0 Å². The van der Waals surface area contributed by atoms with Gasteiger partial charge in [0.1, 0.15) is 0 Å². The van der Waals surface area contributed by atoms with Gasteiger partial charge in [0.05, 0.1) is 0 Å². The molecule has 0 aliphatic rings. The molecular weight excluding hydrogens is 240 g/mol. The van der Waals surface area contributed by atoms with Gasteiger partial charge < -0.3 is 10.6 Å². The highest BCUT2D eigenvalue weighted by atomic mass is 16.2. The van der Waals surface area contributed by atoms with Crippen molar-refractivity contribution in [2.75, 3.05) is 13.6 Å². The second-order valence-electron chi connectivity index (χ2n) is 3.58. The van der Waals surface area contributed by atoms with Crippen molar-refractivity contribution in [3.8, 4) is 0 Å². The average molecular weight is 274 g/mol. The number of unbranched alkanes of at least 4 members (excludes halogenated alkanes) is 2. The third-order valence-electron chi connectivity index (χ3n) is 2.19. The Bertz CT molecular complexity index is 195. The Morgan fingerprint density at radius 3 is 1.84 bits per heavy atom. The van der Waals surface area contributed by atoms with Crippen LogP contribution in [0.2, 0.25) is 0 Å². The van der Waals surface area contributed by atoms with Crippen LogP contribution in [0.25, 0.3) is 0 Å². The van der Waals surface area contributed by atoms with Gasteiger partial charge in [-0.25, -0.2) is 0 Å². The smallest absolute Gasteiger partial charge is 0.220 e. The Balaban J connectivity index is -0.000000579. The zero-order valence-corrected chi connectivity index (χ0v) is 13.8. The van der Waals surface area contributed by atoms with Crippen molar-refractivity contribution >= 4 is 11.8 Å². The summed E-state index contributed by atoms with van der Waals surface area (Å²) in [5.41, 5.74) is 0. The first-order chi connectivity index (χ1) is 9.20. The molecule has 4 nitrogen and oxygen atoms in total. The molecule has 0 rings (SSSR count). The van der Waals surface area contributed by atoms with Gasteiger partial charge in [0.15, 0.2) is 0 Å². The molecule has 0 bridgehead atoms. The molecule has 0 aromatic rings. The normalized spacial score (nSPS) is 8.32. The van der Waals surface area contributed by atoms with E-state index in [2.05, 4.69) is 17.6 Å². The van der Waals surface area contributed by atoms with Crippen molar-refractivity contribution in [1.29, 1.82) is 0 Å². The van der Waals surface area contributed by atoms with Crippen LogP contribution in [-0.4, -0.2) is 25.4 Å². The maximum Gasteiger partial charge on any atom is 0.220 e. The van der Waals surface area contributed by atoms with E-state index in [1.807, 2.05) is 27.7 Å². The molecule has 0 aromatic heterocycles. The monoisotopic (exact) mass is 274 g/mol. The van der Waals surface area contributed by atoms with Gasteiger partial charge in [-0.2, -0.15) is 0 Å². The first kappa shape index (κ1) is 23.1. The minimum Gasteiger partial charge on any atom is -0.359 e. The Labute approximate surface area is 119 Å². The zero-order valence-electron chi connectivity index (χ0n) is 13.8. The molecule has 0 aliphatic carbocycles. The van der Waals surface area contributed by atoms with Crippen LogP contribution in [0.1, 0.15) is 73.1 Å². The van der Waals surface area contributed by atoms with Crippen LogP contribution in [0.5, 0.6) is 0 Å². The van der Waals surface area contributed by atoms with E-state index in [1.54, 1.807) is 7.05 Å². The lowest BCUT2D eigenvalue weighted by Crippen LogP contribution is -2.25. The van der Waals surface area contributed by atoms with Crippen molar-refractivity contribution < 1.29 is 9.59 Å². The maximum atomic E-state index is 11.2. The molecule has 0 radical (unpaired) electrons. The van der Waals surface area contributed by atoms with Crippen LogP contribution in [0, 0.1) is 0 Å². The van der Waals surface area contributed by atoms with Crippen molar-refractivity contribution in [3.05, 3.63) is 0 Å². The van der Waals surface area contributed by atoms with Crippen LogP contribution >= 0.6 is 0 Å². The van der Waals surface area contributed by atoms with Gasteiger partial charge in [-0.1, -0.05) is 47.5 Å². The SMILES string of the molecule is CC.CC.CCCCCNC(=O)CCCC(=O)NC. The molecule has 19 heavy (non-hydrogen) atoms. The highest BCUT2D eigenvalue weighted by Crippen LogP contribution is 1.96. The number of hydrogen-bond donors (Lipinski definition) is 2. The summed E-state index contributed by atoms with van der Waals surface area (Å²) in [5.74, 6) is 0.0452. The Morgan fingerprint density at radius 2 is 1.37 bits per heavy atom. The van der Waals surface area contributed by atoms with E-state index in [9.17, 15) is 9.59 Å². The second kappa shape index (κ2) is 22.1. The predicted octanol–water partition coefficient (Wildman–Crippen LogP) is 3.26. The molecule has 0 saturated carbocycles. The molecule has 0 heterocycles. The van der Waals surface area contributed by atoms with Gasteiger partial charge in [-0.15, -0.1) is 0 Å². The van der Waals surface area contributed by atoms with Gasteiger partial charge >= 0.3 is 0 Å². The molecule has 0 atom stereocenters. The van der Waals surface area contributed by atoms with Crippen molar-refractivity contribution in [1.82, 2.24) is 10.6 Å². The summed E-state index contributed by atoms with van der Waals surface area (Å²) in [5, 5.41) is 5.37. The van der Waals surface area contributed by atoms with Crippen LogP contribution < -0.4 is 10.6 Å². The maximum absolute atomic E-state index is 11.2. The van der Waals surface area contributed by atoms with Gasteiger partial charge in [0, 0.05) is 26.4 Å². The highest BCUT2D eigenvalue weighted by molar-refractivity contribution is 5.78. The lowest BCUT2D eigenvalue weighted by atomic mass is 10.2. The minimum absolute atomic E-state index is 0.00576. The molecule has 0 saturated heterocycles. The summed E-state index contributed by atoms with van der Waals surface area (Å²) in [7, 11) is 1.60. The summed E-state index contributed by atoms with van der Waals surface area (Å²) in [6.45, 7) is 10.9. The molecule has 0 aliphatic heterocycles. The van der Waals surface area contributed by atoms with E-state index in [-0.39, 0.29) is 11.8 Å². The topological polar surface area (TPSA) is 58.2 Å². The van der Waals surface area contributed by atoms with Crippen molar-refractivity contribution in [2.45, 2.75) is 73.1 Å². The quantitative estimate of drug-likeness (QED) is 0.667. The van der Waals surface area contributed by atoms with Crippen LogP contribution in [-0.2, 0) is 9.59 Å². The van der Waals surface area contributed by atoms with Gasteiger partial charge in [-0.05, 0) is 12.8 Å². The fourth-order valence-electron chi connectivity index (χ4n) is 1.23. The molecule has 0 spiro atoms. The number of hydrogen-bond acceptors (Lipinski definition) is 2. The summed E-state index contributed by atoms with van der Waals surface area (Å²) in [6, 6.07) is 0.